The first-order chi connectivity index (χ1) is 8.31. The number of aliphatic hydroxyl groups is 1. The lowest BCUT2D eigenvalue weighted by atomic mass is 10.2. The zero-order chi connectivity index (χ0) is 13.9. The Hall–Kier alpha value is -0.430. The summed E-state index contributed by atoms with van der Waals surface area (Å²) >= 11 is 3.37. The van der Waals surface area contributed by atoms with Crippen molar-refractivity contribution in [1.82, 2.24) is 4.72 Å². The Bertz CT molecular complexity index is 524. The standard InChI is InChI=1S/C12H18BrNO3S/c1-4-10(7-15)14-18(16,17)12-6-8(2)11(13)5-9(12)3/h5-6,10,14-15H,4,7H2,1-3H3/t10-/m0/s1. The average molecular weight is 336 g/mol. The van der Waals surface area contributed by atoms with Crippen LogP contribution in [0.5, 0.6) is 0 Å². The molecular weight excluding hydrogens is 318 g/mol. The number of aliphatic hydroxyl groups excluding tert-OH is 1. The van der Waals surface area contributed by atoms with E-state index in [-0.39, 0.29) is 11.5 Å². The van der Waals surface area contributed by atoms with Crippen LogP contribution in [0.1, 0.15) is 24.5 Å². The highest BCUT2D eigenvalue weighted by molar-refractivity contribution is 9.10. The summed E-state index contributed by atoms with van der Waals surface area (Å²) < 4.78 is 27.8. The summed E-state index contributed by atoms with van der Waals surface area (Å²) in [5.74, 6) is 0. The van der Waals surface area contributed by atoms with Gasteiger partial charge in [0.05, 0.1) is 11.5 Å². The van der Waals surface area contributed by atoms with E-state index in [1.165, 1.54) is 0 Å². The van der Waals surface area contributed by atoms with Crippen molar-refractivity contribution < 1.29 is 13.5 Å². The van der Waals surface area contributed by atoms with Gasteiger partial charge in [-0.05, 0) is 43.5 Å². The first-order valence-corrected chi connectivity index (χ1v) is 7.99. The molecule has 0 aliphatic heterocycles. The van der Waals surface area contributed by atoms with Crippen molar-refractivity contribution in [3.63, 3.8) is 0 Å². The Morgan fingerprint density at radius 1 is 1.33 bits per heavy atom. The highest BCUT2D eigenvalue weighted by Gasteiger charge is 2.21. The molecule has 18 heavy (non-hydrogen) atoms. The zero-order valence-corrected chi connectivity index (χ0v) is 13.1. The summed E-state index contributed by atoms with van der Waals surface area (Å²) in [5.41, 5.74) is 1.53. The fourth-order valence-corrected chi connectivity index (χ4v) is 3.66. The molecule has 0 fully saturated rings. The van der Waals surface area contributed by atoms with Crippen LogP contribution in [0.4, 0.5) is 0 Å². The molecule has 0 amide bonds. The van der Waals surface area contributed by atoms with E-state index in [1.807, 2.05) is 13.8 Å². The molecule has 0 bridgehead atoms. The highest BCUT2D eigenvalue weighted by Crippen LogP contribution is 2.24. The highest BCUT2D eigenvalue weighted by atomic mass is 79.9. The quantitative estimate of drug-likeness (QED) is 0.866. The third kappa shape index (κ3) is 3.54. The summed E-state index contributed by atoms with van der Waals surface area (Å²) in [5, 5.41) is 9.07. The molecule has 0 unspecified atom stereocenters. The molecule has 0 spiro atoms. The van der Waals surface area contributed by atoms with E-state index in [1.54, 1.807) is 19.1 Å². The van der Waals surface area contributed by atoms with Gasteiger partial charge in [-0.15, -0.1) is 0 Å². The minimum Gasteiger partial charge on any atom is -0.395 e. The molecule has 0 saturated carbocycles. The lowest BCUT2D eigenvalue weighted by Gasteiger charge is -2.16. The smallest absolute Gasteiger partial charge is 0.241 e. The molecule has 0 aliphatic rings. The van der Waals surface area contributed by atoms with Crippen LogP contribution in [-0.2, 0) is 10.0 Å². The van der Waals surface area contributed by atoms with Gasteiger partial charge in [0.2, 0.25) is 10.0 Å². The van der Waals surface area contributed by atoms with E-state index in [0.717, 1.165) is 10.0 Å². The lowest BCUT2D eigenvalue weighted by Crippen LogP contribution is -2.37. The van der Waals surface area contributed by atoms with Crippen molar-refractivity contribution in [3.05, 3.63) is 27.7 Å². The van der Waals surface area contributed by atoms with Gasteiger partial charge < -0.3 is 5.11 Å². The van der Waals surface area contributed by atoms with Crippen LogP contribution in [0.15, 0.2) is 21.5 Å². The van der Waals surface area contributed by atoms with Crippen LogP contribution in [0, 0.1) is 13.8 Å². The number of halogens is 1. The summed E-state index contributed by atoms with van der Waals surface area (Å²) in [4.78, 5) is 0.259. The lowest BCUT2D eigenvalue weighted by molar-refractivity contribution is 0.254. The molecule has 1 rings (SSSR count). The molecule has 2 N–H and O–H groups in total. The molecule has 0 radical (unpaired) electrons. The first kappa shape index (κ1) is 15.6. The molecule has 0 aromatic heterocycles. The maximum Gasteiger partial charge on any atom is 0.241 e. The molecule has 1 aromatic rings. The fourth-order valence-electron chi connectivity index (χ4n) is 1.58. The van der Waals surface area contributed by atoms with Crippen molar-refractivity contribution in [3.8, 4) is 0 Å². The fraction of sp³-hybridized carbons (Fsp3) is 0.500. The molecule has 102 valence electrons. The molecule has 1 aromatic carbocycles. The maximum atomic E-state index is 12.2. The van der Waals surface area contributed by atoms with Crippen molar-refractivity contribution in [2.75, 3.05) is 6.61 Å². The zero-order valence-electron chi connectivity index (χ0n) is 10.7. The van der Waals surface area contributed by atoms with Crippen LogP contribution in [0.3, 0.4) is 0 Å². The largest absolute Gasteiger partial charge is 0.395 e. The van der Waals surface area contributed by atoms with Crippen molar-refractivity contribution in [2.45, 2.75) is 38.1 Å². The van der Waals surface area contributed by atoms with E-state index in [0.29, 0.717) is 12.0 Å². The number of hydrogen-bond acceptors (Lipinski definition) is 3. The van der Waals surface area contributed by atoms with Crippen molar-refractivity contribution in [2.24, 2.45) is 0 Å². The number of hydrogen-bond donors (Lipinski definition) is 2. The predicted molar refractivity (Wildman–Crippen MR) is 75.1 cm³/mol. The average Bonchev–Trinajstić information content (AvgIpc) is 2.30. The Morgan fingerprint density at radius 2 is 1.94 bits per heavy atom. The van der Waals surface area contributed by atoms with Crippen LogP contribution < -0.4 is 4.72 Å². The normalized spacial score (nSPS) is 13.6. The number of nitrogens with one attached hydrogen (secondary N) is 1. The monoisotopic (exact) mass is 335 g/mol. The third-order valence-electron chi connectivity index (χ3n) is 2.78. The van der Waals surface area contributed by atoms with Crippen LogP contribution >= 0.6 is 15.9 Å². The Balaban J connectivity index is 3.16. The molecule has 0 saturated heterocycles. The second kappa shape index (κ2) is 6.14. The third-order valence-corrected chi connectivity index (χ3v) is 5.30. The van der Waals surface area contributed by atoms with Crippen molar-refractivity contribution in [1.29, 1.82) is 0 Å². The van der Waals surface area contributed by atoms with E-state index >= 15 is 0 Å². The van der Waals surface area contributed by atoms with Crippen molar-refractivity contribution >= 4 is 26.0 Å². The van der Waals surface area contributed by atoms with Gasteiger partial charge in [0, 0.05) is 10.5 Å². The minimum absolute atomic E-state index is 0.204. The number of rotatable bonds is 5. The van der Waals surface area contributed by atoms with Gasteiger partial charge in [-0.1, -0.05) is 22.9 Å². The van der Waals surface area contributed by atoms with E-state index < -0.39 is 16.1 Å². The van der Waals surface area contributed by atoms with Crippen LogP contribution in [0.2, 0.25) is 0 Å². The maximum absolute atomic E-state index is 12.2. The van der Waals surface area contributed by atoms with Gasteiger partial charge in [-0.3, -0.25) is 0 Å². The van der Waals surface area contributed by atoms with Crippen LogP contribution in [-0.4, -0.2) is 26.2 Å². The molecule has 0 heterocycles. The number of sulfonamides is 1. The molecule has 4 nitrogen and oxygen atoms in total. The van der Waals surface area contributed by atoms with Gasteiger partial charge in [0.1, 0.15) is 0 Å². The Morgan fingerprint density at radius 3 is 2.44 bits per heavy atom. The second-order valence-electron chi connectivity index (χ2n) is 4.28. The summed E-state index contributed by atoms with van der Waals surface area (Å²) in [6, 6.07) is 2.97. The Kier molecular flexibility index (Phi) is 5.33. The predicted octanol–water partition coefficient (Wildman–Crippen LogP) is 2.12. The van der Waals surface area contributed by atoms with Gasteiger partial charge >= 0.3 is 0 Å². The minimum atomic E-state index is -3.58. The van der Waals surface area contributed by atoms with E-state index in [4.69, 9.17) is 5.11 Å². The summed E-state index contributed by atoms with van der Waals surface area (Å²) in [6.07, 6.45) is 0.546. The SMILES string of the molecule is CC[C@@H](CO)NS(=O)(=O)c1cc(C)c(Br)cc1C. The summed E-state index contributed by atoms with van der Waals surface area (Å²) in [6.45, 7) is 5.21. The molecular formula is C12H18BrNO3S. The van der Waals surface area contributed by atoms with Gasteiger partial charge in [-0.2, -0.15) is 0 Å². The molecule has 1 atom stereocenters. The van der Waals surface area contributed by atoms with Gasteiger partial charge in [-0.25, -0.2) is 13.1 Å². The van der Waals surface area contributed by atoms with Crippen LogP contribution in [0.25, 0.3) is 0 Å². The van der Waals surface area contributed by atoms with Gasteiger partial charge in [0.25, 0.3) is 0 Å². The van der Waals surface area contributed by atoms with E-state index in [9.17, 15) is 8.42 Å². The number of aryl methyl sites for hydroxylation is 2. The molecule has 6 heteroatoms. The Labute approximate surface area is 117 Å². The topological polar surface area (TPSA) is 66.4 Å². The van der Waals surface area contributed by atoms with E-state index in [2.05, 4.69) is 20.7 Å². The second-order valence-corrected chi connectivity index (χ2v) is 6.81. The molecule has 0 aliphatic carbocycles. The van der Waals surface area contributed by atoms with Gasteiger partial charge in [0.15, 0.2) is 0 Å². The first-order valence-electron chi connectivity index (χ1n) is 5.71. The number of benzene rings is 1. The summed E-state index contributed by atoms with van der Waals surface area (Å²) in [7, 11) is -3.58.